The smallest absolute Gasteiger partial charge is 0.224 e. The van der Waals surface area contributed by atoms with Crippen molar-refractivity contribution in [2.24, 2.45) is 5.92 Å². The maximum atomic E-state index is 11.9. The minimum absolute atomic E-state index is 0. The van der Waals surface area contributed by atoms with Crippen LogP contribution in [0, 0.1) is 12.8 Å². The van der Waals surface area contributed by atoms with Gasteiger partial charge in [-0.05, 0) is 49.6 Å². The normalized spacial score (nSPS) is 17.6. The van der Waals surface area contributed by atoms with Gasteiger partial charge in [-0.3, -0.25) is 4.79 Å². The second-order valence-corrected chi connectivity index (χ2v) is 6.77. The van der Waals surface area contributed by atoms with Crippen molar-refractivity contribution in [3.05, 3.63) is 35.4 Å². The molecule has 1 aliphatic heterocycles. The predicted octanol–water partition coefficient (Wildman–Crippen LogP) is 3.16. The SMILES string of the molecule is Cc1ccccc1CSCCCNC(=O)C1CCCNC1.Cl. The molecule has 1 aromatic rings. The zero-order valence-electron chi connectivity index (χ0n) is 13.3. The maximum Gasteiger partial charge on any atom is 0.224 e. The quantitative estimate of drug-likeness (QED) is 0.748. The minimum Gasteiger partial charge on any atom is -0.356 e. The van der Waals surface area contributed by atoms with Crippen molar-refractivity contribution < 1.29 is 4.79 Å². The second-order valence-electron chi connectivity index (χ2n) is 5.67. The molecule has 1 heterocycles. The molecule has 2 N–H and O–H groups in total. The Morgan fingerprint density at radius 1 is 1.41 bits per heavy atom. The van der Waals surface area contributed by atoms with Gasteiger partial charge in [-0.15, -0.1) is 12.4 Å². The lowest BCUT2D eigenvalue weighted by Crippen LogP contribution is -2.40. The summed E-state index contributed by atoms with van der Waals surface area (Å²) in [5.41, 5.74) is 2.78. The summed E-state index contributed by atoms with van der Waals surface area (Å²) in [5, 5.41) is 6.36. The van der Waals surface area contributed by atoms with Crippen LogP contribution in [0.5, 0.6) is 0 Å². The van der Waals surface area contributed by atoms with Crippen LogP contribution in [0.2, 0.25) is 0 Å². The predicted molar refractivity (Wildman–Crippen MR) is 97.8 cm³/mol. The highest BCUT2D eigenvalue weighted by atomic mass is 35.5. The van der Waals surface area contributed by atoms with Crippen LogP contribution >= 0.6 is 24.2 Å². The molecule has 1 saturated heterocycles. The average Bonchev–Trinajstić information content (AvgIpc) is 2.53. The number of rotatable bonds is 7. The third kappa shape index (κ3) is 6.59. The van der Waals surface area contributed by atoms with Crippen molar-refractivity contribution in [1.29, 1.82) is 0 Å². The summed E-state index contributed by atoms with van der Waals surface area (Å²) in [6, 6.07) is 8.54. The number of piperidine rings is 1. The number of carbonyl (C=O) groups excluding carboxylic acids is 1. The van der Waals surface area contributed by atoms with Crippen molar-refractivity contribution in [2.45, 2.75) is 31.9 Å². The topological polar surface area (TPSA) is 41.1 Å². The number of amides is 1. The molecule has 22 heavy (non-hydrogen) atoms. The number of benzene rings is 1. The van der Waals surface area contributed by atoms with Gasteiger partial charge in [0.1, 0.15) is 0 Å². The zero-order chi connectivity index (χ0) is 14.9. The van der Waals surface area contributed by atoms with E-state index in [1.807, 2.05) is 11.8 Å². The van der Waals surface area contributed by atoms with Crippen molar-refractivity contribution in [1.82, 2.24) is 10.6 Å². The largest absolute Gasteiger partial charge is 0.356 e. The summed E-state index contributed by atoms with van der Waals surface area (Å²) in [6.07, 6.45) is 3.19. The highest BCUT2D eigenvalue weighted by Crippen LogP contribution is 2.16. The molecule has 1 atom stereocenters. The third-order valence-corrected chi connectivity index (χ3v) is 5.04. The molecule has 1 fully saturated rings. The highest BCUT2D eigenvalue weighted by molar-refractivity contribution is 7.98. The number of nitrogens with one attached hydrogen (secondary N) is 2. The van der Waals surface area contributed by atoms with Gasteiger partial charge in [0.05, 0.1) is 5.92 Å². The van der Waals surface area contributed by atoms with Gasteiger partial charge in [0.15, 0.2) is 0 Å². The molecule has 3 nitrogen and oxygen atoms in total. The standard InChI is InChI=1S/C17H26N2OS.ClH/c1-14-6-2-3-7-16(14)13-21-11-5-10-19-17(20)15-8-4-9-18-12-15;/h2-3,6-7,15,18H,4-5,8-13H2,1H3,(H,19,20);1H. The summed E-state index contributed by atoms with van der Waals surface area (Å²) in [7, 11) is 0. The lowest BCUT2D eigenvalue weighted by Gasteiger charge is -2.21. The van der Waals surface area contributed by atoms with Crippen molar-refractivity contribution in [2.75, 3.05) is 25.4 Å². The number of thioether (sulfide) groups is 1. The van der Waals surface area contributed by atoms with Gasteiger partial charge < -0.3 is 10.6 Å². The number of hydrogen-bond donors (Lipinski definition) is 2. The summed E-state index contributed by atoms with van der Waals surface area (Å²) < 4.78 is 0. The summed E-state index contributed by atoms with van der Waals surface area (Å²) >= 11 is 1.94. The van der Waals surface area contributed by atoms with Gasteiger partial charge in [0.2, 0.25) is 5.91 Å². The van der Waals surface area contributed by atoms with Gasteiger partial charge in [0.25, 0.3) is 0 Å². The van der Waals surface area contributed by atoms with Crippen molar-refractivity contribution in [3.63, 3.8) is 0 Å². The molecule has 0 bridgehead atoms. The molecule has 5 heteroatoms. The Hall–Kier alpha value is -0.710. The van der Waals surface area contributed by atoms with E-state index in [1.165, 1.54) is 11.1 Å². The van der Waals surface area contributed by atoms with Crippen LogP contribution in [0.3, 0.4) is 0 Å². The van der Waals surface area contributed by atoms with E-state index in [0.29, 0.717) is 0 Å². The van der Waals surface area contributed by atoms with E-state index >= 15 is 0 Å². The lowest BCUT2D eigenvalue weighted by molar-refractivity contribution is -0.125. The molecule has 1 aliphatic rings. The maximum absolute atomic E-state index is 11.9. The van der Waals surface area contributed by atoms with Gasteiger partial charge in [-0.25, -0.2) is 0 Å². The van der Waals surface area contributed by atoms with E-state index < -0.39 is 0 Å². The lowest BCUT2D eigenvalue weighted by atomic mass is 9.99. The van der Waals surface area contributed by atoms with Crippen LogP contribution in [0.25, 0.3) is 0 Å². The minimum atomic E-state index is 0. The van der Waals surface area contributed by atoms with E-state index in [2.05, 4.69) is 41.8 Å². The molecular formula is C17H27ClN2OS. The molecule has 0 saturated carbocycles. The zero-order valence-corrected chi connectivity index (χ0v) is 14.9. The van der Waals surface area contributed by atoms with E-state index in [4.69, 9.17) is 0 Å². The van der Waals surface area contributed by atoms with Gasteiger partial charge in [-0.2, -0.15) is 11.8 Å². The van der Waals surface area contributed by atoms with Crippen LogP contribution in [0.15, 0.2) is 24.3 Å². The first kappa shape index (κ1) is 19.3. The fraction of sp³-hybridized carbons (Fsp3) is 0.588. The molecule has 0 radical (unpaired) electrons. The van der Waals surface area contributed by atoms with Crippen LogP contribution in [0.1, 0.15) is 30.4 Å². The van der Waals surface area contributed by atoms with Crippen molar-refractivity contribution in [3.8, 4) is 0 Å². The number of carbonyl (C=O) groups is 1. The average molecular weight is 343 g/mol. The third-order valence-electron chi connectivity index (χ3n) is 3.95. The molecule has 0 aromatic heterocycles. The van der Waals surface area contributed by atoms with Crippen LogP contribution < -0.4 is 10.6 Å². The number of hydrogen-bond acceptors (Lipinski definition) is 3. The summed E-state index contributed by atoms with van der Waals surface area (Å²) in [5.74, 6) is 2.56. The first-order chi connectivity index (χ1) is 10.3. The van der Waals surface area contributed by atoms with Gasteiger partial charge >= 0.3 is 0 Å². The van der Waals surface area contributed by atoms with Crippen LogP contribution in [-0.4, -0.2) is 31.3 Å². The fourth-order valence-electron chi connectivity index (χ4n) is 2.56. The molecule has 1 aromatic carbocycles. The Balaban J connectivity index is 0.00000242. The van der Waals surface area contributed by atoms with Crippen molar-refractivity contribution >= 4 is 30.1 Å². The molecule has 2 rings (SSSR count). The molecule has 0 aliphatic carbocycles. The Bertz CT molecular complexity index is 450. The fourth-order valence-corrected chi connectivity index (χ4v) is 3.60. The van der Waals surface area contributed by atoms with Crippen LogP contribution in [0.4, 0.5) is 0 Å². The molecule has 124 valence electrons. The van der Waals surface area contributed by atoms with E-state index in [0.717, 1.165) is 50.4 Å². The highest BCUT2D eigenvalue weighted by Gasteiger charge is 2.19. The van der Waals surface area contributed by atoms with E-state index in [9.17, 15) is 4.79 Å². The van der Waals surface area contributed by atoms with E-state index in [1.54, 1.807) is 0 Å². The van der Waals surface area contributed by atoms with Gasteiger partial charge in [0, 0.05) is 18.8 Å². The molecule has 1 unspecified atom stereocenters. The summed E-state index contributed by atoms with van der Waals surface area (Å²) in [6.45, 7) is 4.86. The Morgan fingerprint density at radius 2 is 2.23 bits per heavy atom. The monoisotopic (exact) mass is 342 g/mol. The number of halogens is 1. The summed E-state index contributed by atoms with van der Waals surface area (Å²) in [4.78, 5) is 11.9. The molecule has 0 spiro atoms. The second kappa shape index (κ2) is 10.9. The Labute approximate surface area is 144 Å². The Kier molecular flexibility index (Phi) is 9.60. The van der Waals surface area contributed by atoms with E-state index in [-0.39, 0.29) is 24.2 Å². The molecule has 1 amide bonds. The van der Waals surface area contributed by atoms with Gasteiger partial charge in [-0.1, -0.05) is 24.3 Å². The number of aryl methyl sites for hydroxylation is 1. The first-order valence-electron chi connectivity index (χ1n) is 7.88. The molecular weight excluding hydrogens is 316 g/mol. The first-order valence-corrected chi connectivity index (χ1v) is 9.03. The Morgan fingerprint density at radius 3 is 2.95 bits per heavy atom. The van der Waals surface area contributed by atoms with Crippen LogP contribution in [-0.2, 0) is 10.5 Å².